The van der Waals surface area contributed by atoms with Crippen LogP contribution in [0.3, 0.4) is 0 Å². The number of amides is 1. The maximum absolute atomic E-state index is 12.8. The summed E-state index contributed by atoms with van der Waals surface area (Å²) >= 11 is 0. The highest BCUT2D eigenvalue weighted by Gasteiger charge is 2.12. The number of ether oxygens (including phenoxy) is 1. The monoisotopic (exact) mass is 288 g/mol. The average Bonchev–Trinajstić information content (AvgIpc) is 2.50. The highest BCUT2D eigenvalue weighted by atomic mass is 19.1. The van der Waals surface area contributed by atoms with Crippen LogP contribution in [-0.2, 0) is 4.79 Å². The van der Waals surface area contributed by atoms with Crippen LogP contribution in [0.25, 0.3) is 0 Å². The Morgan fingerprint density at radius 3 is 2.19 bits per heavy atom. The van der Waals surface area contributed by atoms with Gasteiger partial charge in [0.05, 0.1) is 7.11 Å². The van der Waals surface area contributed by atoms with Gasteiger partial charge in [-0.3, -0.25) is 4.79 Å². The standard InChI is InChI=1S/C16H17FN2O2/c1-11(18-13-7-9-15(21-2)10-8-13)16(20)19-14-5-3-12(17)4-6-14/h3-11,18H,1-2H3,(H,19,20)/t11-/m1/s1. The van der Waals surface area contributed by atoms with E-state index < -0.39 is 6.04 Å². The van der Waals surface area contributed by atoms with Crippen molar-refractivity contribution in [2.45, 2.75) is 13.0 Å². The first-order valence-electron chi connectivity index (χ1n) is 6.55. The number of benzene rings is 2. The van der Waals surface area contributed by atoms with Gasteiger partial charge in [0, 0.05) is 11.4 Å². The summed E-state index contributed by atoms with van der Waals surface area (Å²) < 4.78 is 17.9. The van der Waals surface area contributed by atoms with Crippen LogP contribution in [0.5, 0.6) is 5.75 Å². The van der Waals surface area contributed by atoms with Crippen molar-refractivity contribution >= 4 is 17.3 Å². The number of nitrogens with one attached hydrogen (secondary N) is 2. The molecule has 0 spiro atoms. The van der Waals surface area contributed by atoms with Crippen molar-refractivity contribution in [2.75, 3.05) is 17.7 Å². The topological polar surface area (TPSA) is 50.4 Å². The lowest BCUT2D eigenvalue weighted by atomic mass is 10.2. The van der Waals surface area contributed by atoms with E-state index in [0.29, 0.717) is 5.69 Å². The molecule has 0 saturated heterocycles. The minimum absolute atomic E-state index is 0.197. The lowest BCUT2D eigenvalue weighted by Crippen LogP contribution is -2.31. The van der Waals surface area contributed by atoms with Gasteiger partial charge in [-0.25, -0.2) is 4.39 Å². The summed E-state index contributed by atoms with van der Waals surface area (Å²) in [5.41, 5.74) is 1.38. The van der Waals surface area contributed by atoms with Gasteiger partial charge in [0.1, 0.15) is 17.6 Å². The third-order valence-corrected chi connectivity index (χ3v) is 2.98. The van der Waals surface area contributed by atoms with Crippen LogP contribution in [0.2, 0.25) is 0 Å². The Morgan fingerprint density at radius 1 is 1.05 bits per heavy atom. The van der Waals surface area contributed by atoms with E-state index in [1.165, 1.54) is 24.3 Å². The smallest absolute Gasteiger partial charge is 0.246 e. The Bertz CT molecular complexity index is 597. The van der Waals surface area contributed by atoms with Gasteiger partial charge < -0.3 is 15.4 Å². The Kier molecular flexibility index (Phi) is 4.77. The lowest BCUT2D eigenvalue weighted by molar-refractivity contribution is -0.116. The molecular weight excluding hydrogens is 271 g/mol. The number of carbonyl (C=O) groups is 1. The summed E-state index contributed by atoms with van der Waals surface area (Å²) in [4.78, 5) is 12.0. The molecule has 0 unspecified atom stereocenters. The second kappa shape index (κ2) is 6.74. The summed E-state index contributed by atoms with van der Waals surface area (Å²) in [7, 11) is 1.60. The summed E-state index contributed by atoms with van der Waals surface area (Å²) in [6.07, 6.45) is 0. The van der Waals surface area contributed by atoms with Gasteiger partial charge in [0.25, 0.3) is 0 Å². The van der Waals surface area contributed by atoms with E-state index in [1.54, 1.807) is 14.0 Å². The molecule has 0 bridgehead atoms. The molecule has 110 valence electrons. The second-order valence-electron chi connectivity index (χ2n) is 4.59. The number of rotatable bonds is 5. The number of anilines is 2. The van der Waals surface area contributed by atoms with Gasteiger partial charge >= 0.3 is 0 Å². The summed E-state index contributed by atoms with van der Waals surface area (Å²) in [5, 5.41) is 5.80. The van der Waals surface area contributed by atoms with Gasteiger partial charge in [-0.05, 0) is 55.5 Å². The number of methoxy groups -OCH3 is 1. The van der Waals surface area contributed by atoms with Crippen LogP contribution in [0.1, 0.15) is 6.92 Å². The fraction of sp³-hybridized carbons (Fsp3) is 0.188. The lowest BCUT2D eigenvalue weighted by Gasteiger charge is -2.15. The zero-order valence-electron chi connectivity index (χ0n) is 11.9. The minimum atomic E-state index is -0.427. The summed E-state index contributed by atoms with van der Waals surface area (Å²) in [5.74, 6) is 0.221. The zero-order chi connectivity index (χ0) is 15.2. The summed E-state index contributed by atoms with van der Waals surface area (Å²) in [6.45, 7) is 1.75. The van der Waals surface area contributed by atoms with Crippen molar-refractivity contribution in [3.8, 4) is 5.75 Å². The van der Waals surface area contributed by atoms with Crippen LogP contribution in [0.15, 0.2) is 48.5 Å². The molecule has 2 aromatic carbocycles. The normalized spacial score (nSPS) is 11.6. The van der Waals surface area contributed by atoms with Crippen LogP contribution >= 0.6 is 0 Å². The molecule has 0 aromatic heterocycles. The van der Waals surface area contributed by atoms with Crippen LogP contribution < -0.4 is 15.4 Å². The summed E-state index contributed by atoms with van der Waals surface area (Å²) in [6, 6.07) is 12.5. The van der Waals surface area contributed by atoms with Crippen molar-refractivity contribution < 1.29 is 13.9 Å². The van der Waals surface area contributed by atoms with Crippen molar-refractivity contribution in [1.29, 1.82) is 0 Å². The van der Waals surface area contributed by atoms with Gasteiger partial charge in [0.2, 0.25) is 5.91 Å². The maximum Gasteiger partial charge on any atom is 0.246 e. The highest BCUT2D eigenvalue weighted by Crippen LogP contribution is 2.16. The molecule has 1 atom stereocenters. The first-order valence-corrected chi connectivity index (χ1v) is 6.55. The third-order valence-electron chi connectivity index (χ3n) is 2.98. The van der Waals surface area contributed by atoms with E-state index in [4.69, 9.17) is 4.74 Å². The SMILES string of the molecule is COc1ccc(N[C@H](C)C(=O)Nc2ccc(F)cc2)cc1. The number of hydrogen-bond donors (Lipinski definition) is 2. The van der Waals surface area contributed by atoms with E-state index in [9.17, 15) is 9.18 Å². The predicted molar refractivity (Wildman–Crippen MR) is 81.1 cm³/mol. The van der Waals surface area contributed by atoms with Crippen LogP contribution in [-0.4, -0.2) is 19.1 Å². The van der Waals surface area contributed by atoms with Crippen molar-refractivity contribution in [3.05, 3.63) is 54.3 Å². The largest absolute Gasteiger partial charge is 0.497 e. The fourth-order valence-corrected chi connectivity index (χ4v) is 1.79. The Balaban J connectivity index is 1.93. The van der Waals surface area contributed by atoms with Crippen molar-refractivity contribution in [3.63, 3.8) is 0 Å². The number of carbonyl (C=O) groups excluding carboxylic acids is 1. The Labute approximate surface area is 122 Å². The molecule has 0 radical (unpaired) electrons. The molecule has 5 heteroatoms. The second-order valence-corrected chi connectivity index (χ2v) is 4.59. The number of hydrogen-bond acceptors (Lipinski definition) is 3. The molecule has 0 aliphatic rings. The van der Waals surface area contributed by atoms with Gasteiger partial charge in [-0.15, -0.1) is 0 Å². The molecule has 0 saturated carbocycles. The van der Waals surface area contributed by atoms with Crippen LogP contribution in [0, 0.1) is 5.82 Å². The molecule has 21 heavy (non-hydrogen) atoms. The molecule has 0 aliphatic heterocycles. The minimum Gasteiger partial charge on any atom is -0.497 e. The highest BCUT2D eigenvalue weighted by molar-refractivity contribution is 5.96. The Morgan fingerprint density at radius 2 is 1.62 bits per heavy atom. The molecule has 0 fully saturated rings. The average molecular weight is 288 g/mol. The molecule has 2 aromatic rings. The molecule has 0 aliphatic carbocycles. The Hall–Kier alpha value is -2.56. The zero-order valence-corrected chi connectivity index (χ0v) is 11.9. The quantitative estimate of drug-likeness (QED) is 0.887. The fourth-order valence-electron chi connectivity index (χ4n) is 1.79. The third kappa shape index (κ3) is 4.21. The van der Waals surface area contributed by atoms with Gasteiger partial charge in [-0.2, -0.15) is 0 Å². The molecule has 2 N–H and O–H groups in total. The first kappa shape index (κ1) is 14.8. The van der Waals surface area contributed by atoms with Gasteiger partial charge in [0.15, 0.2) is 0 Å². The van der Waals surface area contributed by atoms with E-state index in [-0.39, 0.29) is 11.7 Å². The first-order chi connectivity index (χ1) is 10.1. The van der Waals surface area contributed by atoms with E-state index >= 15 is 0 Å². The molecule has 2 rings (SSSR count). The number of halogens is 1. The molecule has 0 heterocycles. The van der Waals surface area contributed by atoms with E-state index in [0.717, 1.165) is 11.4 Å². The molecule has 4 nitrogen and oxygen atoms in total. The van der Waals surface area contributed by atoms with Crippen molar-refractivity contribution in [2.24, 2.45) is 0 Å². The van der Waals surface area contributed by atoms with Crippen molar-refractivity contribution in [1.82, 2.24) is 0 Å². The maximum atomic E-state index is 12.8. The van der Waals surface area contributed by atoms with Gasteiger partial charge in [-0.1, -0.05) is 0 Å². The molecular formula is C16H17FN2O2. The molecule has 1 amide bonds. The van der Waals surface area contributed by atoms with E-state index in [2.05, 4.69) is 10.6 Å². The van der Waals surface area contributed by atoms with E-state index in [1.807, 2.05) is 24.3 Å². The predicted octanol–water partition coefficient (Wildman–Crippen LogP) is 3.27. The van der Waals surface area contributed by atoms with Crippen LogP contribution in [0.4, 0.5) is 15.8 Å².